The second-order valence-electron chi connectivity index (χ2n) is 2.79. The third-order valence-electron chi connectivity index (χ3n) is 1.67. The first-order chi connectivity index (χ1) is 8.16. The van der Waals surface area contributed by atoms with Crippen molar-refractivity contribution in [2.24, 2.45) is 0 Å². The van der Waals surface area contributed by atoms with E-state index in [0.717, 1.165) is 0 Å². The van der Waals surface area contributed by atoms with E-state index in [-0.39, 0.29) is 21.8 Å². The number of amides is 1. The average molecular weight is 271 g/mol. The maximum absolute atomic E-state index is 11.8. The summed E-state index contributed by atoms with van der Waals surface area (Å²) in [6, 6.07) is 1.29. The van der Waals surface area contributed by atoms with Crippen molar-refractivity contribution >= 4 is 35.1 Å². The molecule has 86 valence electrons. The van der Waals surface area contributed by atoms with Crippen molar-refractivity contribution in [3.8, 4) is 0 Å². The lowest BCUT2D eigenvalue weighted by Gasteiger charge is -2.03. The predicted molar refractivity (Wildman–Crippen MR) is 59.8 cm³/mol. The van der Waals surface area contributed by atoms with Gasteiger partial charge in [-0.05, 0) is 6.07 Å². The number of carbonyl (C=O) groups excluding carboxylic acids is 1. The molecule has 9 heteroatoms. The second-order valence-corrected chi connectivity index (χ2v) is 3.54. The summed E-state index contributed by atoms with van der Waals surface area (Å²) >= 11 is 11.3. The molecular weight excluding hydrogens is 267 g/mol. The van der Waals surface area contributed by atoms with Crippen LogP contribution >= 0.6 is 23.2 Å². The summed E-state index contributed by atoms with van der Waals surface area (Å²) in [7, 11) is 0. The summed E-state index contributed by atoms with van der Waals surface area (Å²) in [5, 5.41) is 16.5. The van der Waals surface area contributed by atoms with Gasteiger partial charge in [-0.3, -0.25) is 10.1 Å². The summed E-state index contributed by atoms with van der Waals surface area (Å²) in [4.78, 5) is 15.5. The molecule has 0 aromatic carbocycles. The number of nitrogens with zero attached hydrogens (tertiary/aromatic N) is 5. The lowest BCUT2D eigenvalue weighted by molar-refractivity contribution is 0.102. The molecule has 1 amide bonds. The molecule has 2 aromatic heterocycles. The van der Waals surface area contributed by atoms with Gasteiger partial charge in [-0.2, -0.15) is 5.10 Å². The maximum atomic E-state index is 11.8. The Kier molecular flexibility index (Phi) is 3.40. The summed E-state index contributed by atoms with van der Waals surface area (Å²) < 4.78 is 0. The molecule has 2 heterocycles. The molecule has 0 aliphatic rings. The summed E-state index contributed by atoms with van der Waals surface area (Å²) in [6.45, 7) is 0. The van der Waals surface area contributed by atoms with Gasteiger partial charge in [0.2, 0.25) is 5.95 Å². The van der Waals surface area contributed by atoms with Crippen LogP contribution < -0.4 is 5.32 Å². The number of hydrogen-bond donors (Lipinski definition) is 1. The lowest BCUT2D eigenvalue weighted by Crippen LogP contribution is -2.15. The molecule has 0 saturated carbocycles. The van der Waals surface area contributed by atoms with Crippen molar-refractivity contribution in [2.45, 2.75) is 0 Å². The van der Waals surface area contributed by atoms with Gasteiger partial charge in [0.05, 0.1) is 18.0 Å². The van der Waals surface area contributed by atoms with Crippen LogP contribution in [0.15, 0.2) is 18.5 Å². The normalized spacial score (nSPS) is 10.0. The average Bonchev–Trinajstić information content (AvgIpc) is 2.33. The van der Waals surface area contributed by atoms with Crippen molar-refractivity contribution in [3.05, 3.63) is 34.3 Å². The Morgan fingerprint density at radius 1 is 1.18 bits per heavy atom. The van der Waals surface area contributed by atoms with E-state index in [1.807, 2.05) is 0 Å². The van der Waals surface area contributed by atoms with Crippen molar-refractivity contribution in [2.75, 3.05) is 5.32 Å². The number of anilines is 1. The van der Waals surface area contributed by atoms with Crippen LogP contribution in [0.5, 0.6) is 0 Å². The summed E-state index contributed by atoms with van der Waals surface area (Å²) in [6.07, 6.45) is 2.77. The van der Waals surface area contributed by atoms with Gasteiger partial charge in [0, 0.05) is 0 Å². The fourth-order valence-corrected chi connectivity index (χ4v) is 1.31. The minimum Gasteiger partial charge on any atom is -0.289 e. The van der Waals surface area contributed by atoms with Crippen molar-refractivity contribution < 1.29 is 4.79 Å². The zero-order valence-electron chi connectivity index (χ0n) is 8.13. The van der Waals surface area contributed by atoms with Crippen LogP contribution in [0.2, 0.25) is 10.3 Å². The minimum atomic E-state index is -0.542. The molecule has 7 nitrogen and oxygen atoms in total. The fourth-order valence-electron chi connectivity index (χ4n) is 0.986. The first-order valence-corrected chi connectivity index (χ1v) is 5.06. The first-order valence-electron chi connectivity index (χ1n) is 4.30. The fraction of sp³-hybridized carbons (Fsp3) is 0. The van der Waals surface area contributed by atoms with E-state index >= 15 is 0 Å². The van der Waals surface area contributed by atoms with E-state index in [2.05, 4.69) is 30.7 Å². The number of nitrogens with one attached hydrogen (secondary N) is 1. The van der Waals surface area contributed by atoms with Crippen LogP contribution in [0, 0.1) is 0 Å². The quantitative estimate of drug-likeness (QED) is 0.882. The molecule has 0 aliphatic carbocycles. The van der Waals surface area contributed by atoms with Gasteiger partial charge >= 0.3 is 0 Å². The van der Waals surface area contributed by atoms with E-state index in [4.69, 9.17) is 23.2 Å². The molecule has 0 spiro atoms. The van der Waals surface area contributed by atoms with Crippen LogP contribution in [0.1, 0.15) is 10.4 Å². The highest BCUT2D eigenvalue weighted by Crippen LogP contribution is 2.16. The Hall–Kier alpha value is -1.86. The molecule has 0 unspecified atom stereocenters. The topological polar surface area (TPSA) is 93.6 Å². The van der Waals surface area contributed by atoms with Gasteiger partial charge in [-0.25, -0.2) is 4.98 Å². The van der Waals surface area contributed by atoms with Crippen LogP contribution in [-0.4, -0.2) is 31.3 Å². The third kappa shape index (κ3) is 2.83. The monoisotopic (exact) mass is 270 g/mol. The second kappa shape index (κ2) is 4.98. The highest BCUT2D eigenvalue weighted by molar-refractivity contribution is 6.34. The standard InChI is InChI=1S/C8H4Cl2N6O/c9-5-3-4(6(10)15-14-5)7(17)13-8-11-1-2-12-16-8/h1-3H,(H,11,13,16,17). The maximum Gasteiger partial charge on any atom is 0.261 e. The molecular formula is C8H4Cl2N6O. The third-order valence-corrected chi connectivity index (χ3v) is 2.14. The summed E-state index contributed by atoms with van der Waals surface area (Å²) in [5.74, 6) is -0.485. The van der Waals surface area contributed by atoms with E-state index in [0.29, 0.717) is 0 Å². The van der Waals surface area contributed by atoms with Crippen LogP contribution in [0.3, 0.4) is 0 Å². The highest BCUT2D eigenvalue weighted by atomic mass is 35.5. The van der Waals surface area contributed by atoms with E-state index in [1.54, 1.807) is 0 Å². The van der Waals surface area contributed by atoms with Crippen molar-refractivity contribution in [1.82, 2.24) is 25.4 Å². The Morgan fingerprint density at radius 2 is 2.00 bits per heavy atom. The van der Waals surface area contributed by atoms with Crippen molar-refractivity contribution in [1.29, 1.82) is 0 Å². The zero-order valence-corrected chi connectivity index (χ0v) is 9.64. The Bertz CT molecular complexity index is 549. The molecule has 17 heavy (non-hydrogen) atoms. The SMILES string of the molecule is O=C(Nc1nccnn1)c1cc(Cl)nnc1Cl. The van der Waals surface area contributed by atoms with E-state index < -0.39 is 5.91 Å². The molecule has 2 rings (SSSR count). The number of aromatic nitrogens is 5. The molecule has 2 aromatic rings. The Balaban J connectivity index is 2.23. The van der Waals surface area contributed by atoms with E-state index in [9.17, 15) is 4.79 Å². The molecule has 0 aliphatic heterocycles. The lowest BCUT2D eigenvalue weighted by atomic mass is 10.3. The van der Waals surface area contributed by atoms with E-state index in [1.165, 1.54) is 18.5 Å². The van der Waals surface area contributed by atoms with Gasteiger partial charge in [0.15, 0.2) is 10.3 Å². The first kappa shape index (κ1) is 11.6. The number of halogens is 2. The molecule has 1 N–H and O–H groups in total. The molecule has 0 atom stereocenters. The highest BCUT2D eigenvalue weighted by Gasteiger charge is 2.14. The van der Waals surface area contributed by atoms with Crippen LogP contribution in [0.4, 0.5) is 5.95 Å². The number of carbonyl (C=O) groups is 1. The minimum absolute atomic E-state index is 0.0569. The Labute approximate surface area is 105 Å². The number of hydrogen-bond acceptors (Lipinski definition) is 6. The predicted octanol–water partition coefficient (Wildman–Crippen LogP) is 1.22. The molecule has 0 radical (unpaired) electrons. The molecule has 0 bridgehead atoms. The van der Waals surface area contributed by atoms with Gasteiger partial charge in [0.25, 0.3) is 5.91 Å². The van der Waals surface area contributed by atoms with Gasteiger partial charge in [-0.15, -0.1) is 15.3 Å². The van der Waals surface area contributed by atoms with Crippen LogP contribution in [-0.2, 0) is 0 Å². The zero-order chi connectivity index (χ0) is 12.3. The van der Waals surface area contributed by atoms with Crippen molar-refractivity contribution in [3.63, 3.8) is 0 Å². The summed E-state index contributed by atoms with van der Waals surface area (Å²) in [5.41, 5.74) is 0.0825. The largest absolute Gasteiger partial charge is 0.289 e. The Morgan fingerprint density at radius 3 is 2.71 bits per heavy atom. The van der Waals surface area contributed by atoms with Gasteiger partial charge in [0.1, 0.15) is 0 Å². The molecule has 0 fully saturated rings. The molecule has 0 saturated heterocycles. The number of rotatable bonds is 2. The van der Waals surface area contributed by atoms with Gasteiger partial charge in [-0.1, -0.05) is 23.2 Å². The van der Waals surface area contributed by atoms with Crippen LogP contribution in [0.25, 0.3) is 0 Å². The van der Waals surface area contributed by atoms with Gasteiger partial charge < -0.3 is 0 Å². The smallest absolute Gasteiger partial charge is 0.261 e.